The van der Waals surface area contributed by atoms with Crippen LogP contribution in [0.2, 0.25) is 0 Å². The van der Waals surface area contributed by atoms with Gasteiger partial charge < -0.3 is 5.32 Å². The summed E-state index contributed by atoms with van der Waals surface area (Å²) in [7, 11) is 0. The van der Waals surface area contributed by atoms with Crippen molar-refractivity contribution < 1.29 is 4.79 Å². The van der Waals surface area contributed by atoms with Gasteiger partial charge in [-0.1, -0.05) is 42.5 Å². The number of anilines is 1. The van der Waals surface area contributed by atoms with Crippen molar-refractivity contribution in [3.8, 4) is 0 Å². The first-order valence-electron chi connectivity index (χ1n) is 8.77. The highest BCUT2D eigenvalue weighted by atomic mass is 16.1. The summed E-state index contributed by atoms with van der Waals surface area (Å²) in [6.07, 6.45) is 2.06. The van der Waals surface area contributed by atoms with E-state index in [2.05, 4.69) is 54.4 Å². The van der Waals surface area contributed by atoms with Crippen molar-refractivity contribution in [2.45, 2.75) is 33.2 Å². The predicted octanol–water partition coefficient (Wildman–Crippen LogP) is 4.15. The van der Waals surface area contributed by atoms with Crippen molar-refractivity contribution in [2.75, 3.05) is 18.4 Å². The average Bonchev–Trinajstić information content (AvgIpc) is 2.60. The maximum absolute atomic E-state index is 12.7. The first-order valence-corrected chi connectivity index (χ1v) is 8.77. The van der Waals surface area contributed by atoms with Gasteiger partial charge in [-0.3, -0.25) is 9.69 Å². The van der Waals surface area contributed by atoms with Gasteiger partial charge in [0.15, 0.2) is 0 Å². The zero-order chi connectivity index (χ0) is 16.9. The minimum Gasteiger partial charge on any atom is -0.326 e. The molecule has 24 heavy (non-hydrogen) atoms. The Morgan fingerprint density at radius 3 is 2.71 bits per heavy atom. The molecule has 126 valence electrons. The number of carbonyl (C=O) groups is 1. The van der Waals surface area contributed by atoms with E-state index in [1.165, 1.54) is 11.1 Å². The molecule has 1 unspecified atom stereocenters. The van der Waals surface area contributed by atoms with Gasteiger partial charge in [0.05, 0.1) is 5.92 Å². The van der Waals surface area contributed by atoms with E-state index in [4.69, 9.17) is 0 Å². The summed E-state index contributed by atoms with van der Waals surface area (Å²) in [5.41, 5.74) is 4.62. The Hall–Kier alpha value is -2.13. The van der Waals surface area contributed by atoms with Crippen molar-refractivity contribution in [3.05, 3.63) is 65.2 Å². The van der Waals surface area contributed by atoms with Crippen LogP contribution in [0.4, 0.5) is 5.69 Å². The molecular formula is C21H26N2O. The minimum absolute atomic E-state index is 0.0716. The largest absolute Gasteiger partial charge is 0.326 e. The molecule has 3 rings (SSSR count). The molecule has 1 aliphatic heterocycles. The number of likely N-dealkylation sites (tertiary alicyclic amines) is 1. The molecule has 3 heteroatoms. The molecule has 2 aromatic rings. The van der Waals surface area contributed by atoms with Gasteiger partial charge in [0.25, 0.3) is 0 Å². The number of nitrogens with one attached hydrogen (secondary N) is 1. The second kappa shape index (κ2) is 7.63. The quantitative estimate of drug-likeness (QED) is 0.917. The van der Waals surface area contributed by atoms with Crippen molar-refractivity contribution in [2.24, 2.45) is 5.92 Å². The topological polar surface area (TPSA) is 32.3 Å². The fourth-order valence-corrected chi connectivity index (χ4v) is 3.38. The van der Waals surface area contributed by atoms with Crippen LogP contribution < -0.4 is 5.32 Å². The van der Waals surface area contributed by atoms with E-state index < -0.39 is 0 Å². The molecule has 2 aromatic carbocycles. The van der Waals surface area contributed by atoms with Gasteiger partial charge in [0, 0.05) is 18.8 Å². The van der Waals surface area contributed by atoms with Crippen LogP contribution in [0.5, 0.6) is 0 Å². The molecule has 1 saturated heterocycles. The lowest BCUT2D eigenvalue weighted by molar-refractivity contribution is -0.121. The summed E-state index contributed by atoms with van der Waals surface area (Å²) in [4.78, 5) is 15.1. The van der Waals surface area contributed by atoms with Crippen LogP contribution in [0.25, 0.3) is 0 Å². The van der Waals surface area contributed by atoms with Gasteiger partial charge >= 0.3 is 0 Å². The summed E-state index contributed by atoms with van der Waals surface area (Å²) in [6.45, 7) is 6.97. The highest BCUT2D eigenvalue weighted by Crippen LogP contribution is 2.23. The maximum Gasteiger partial charge on any atom is 0.228 e. The lowest BCUT2D eigenvalue weighted by Gasteiger charge is -2.32. The SMILES string of the molecule is Cc1cccc(NC(=O)C2CCCN(Cc3ccccc3)C2)c1C. The zero-order valence-corrected chi connectivity index (χ0v) is 14.6. The first kappa shape index (κ1) is 16.7. The fraction of sp³-hybridized carbons (Fsp3) is 0.381. The summed E-state index contributed by atoms with van der Waals surface area (Å²) < 4.78 is 0. The third-order valence-corrected chi connectivity index (χ3v) is 4.99. The van der Waals surface area contributed by atoms with Gasteiger partial charge in [-0.25, -0.2) is 0 Å². The number of hydrogen-bond donors (Lipinski definition) is 1. The third kappa shape index (κ3) is 4.04. The van der Waals surface area contributed by atoms with Crippen molar-refractivity contribution in [1.82, 2.24) is 4.90 Å². The molecule has 0 aromatic heterocycles. The number of rotatable bonds is 4. The van der Waals surface area contributed by atoms with Crippen LogP contribution in [0.15, 0.2) is 48.5 Å². The van der Waals surface area contributed by atoms with Crippen molar-refractivity contribution in [3.63, 3.8) is 0 Å². The van der Waals surface area contributed by atoms with E-state index in [0.29, 0.717) is 0 Å². The van der Waals surface area contributed by atoms with Gasteiger partial charge in [-0.15, -0.1) is 0 Å². The Balaban J connectivity index is 1.61. The number of carbonyl (C=O) groups excluding carboxylic acids is 1. The lowest BCUT2D eigenvalue weighted by atomic mass is 9.96. The molecule has 0 bridgehead atoms. The molecular weight excluding hydrogens is 296 g/mol. The van der Waals surface area contributed by atoms with Gasteiger partial charge in [-0.05, 0) is 56.0 Å². The van der Waals surface area contributed by atoms with Crippen molar-refractivity contribution in [1.29, 1.82) is 0 Å². The molecule has 1 fully saturated rings. The Kier molecular flexibility index (Phi) is 5.31. The Morgan fingerprint density at radius 2 is 1.92 bits per heavy atom. The Morgan fingerprint density at radius 1 is 1.12 bits per heavy atom. The smallest absolute Gasteiger partial charge is 0.228 e. The molecule has 0 aliphatic carbocycles. The molecule has 1 aliphatic rings. The van der Waals surface area contributed by atoms with Gasteiger partial charge in [0.1, 0.15) is 0 Å². The van der Waals surface area contributed by atoms with E-state index in [0.717, 1.165) is 43.7 Å². The first-order chi connectivity index (χ1) is 11.6. The third-order valence-electron chi connectivity index (χ3n) is 4.99. The zero-order valence-electron chi connectivity index (χ0n) is 14.6. The van der Waals surface area contributed by atoms with E-state index in [1.54, 1.807) is 0 Å². The molecule has 1 atom stereocenters. The van der Waals surface area contributed by atoms with Gasteiger partial charge in [-0.2, -0.15) is 0 Å². The van der Waals surface area contributed by atoms with E-state index in [1.807, 2.05) is 18.2 Å². The Labute approximate surface area is 144 Å². The number of benzene rings is 2. The molecule has 0 saturated carbocycles. The van der Waals surface area contributed by atoms with E-state index >= 15 is 0 Å². The van der Waals surface area contributed by atoms with Crippen LogP contribution in [0.3, 0.4) is 0 Å². The van der Waals surface area contributed by atoms with Gasteiger partial charge in [0.2, 0.25) is 5.91 Å². The molecule has 1 N–H and O–H groups in total. The van der Waals surface area contributed by atoms with Crippen molar-refractivity contribution >= 4 is 11.6 Å². The summed E-state index contributed by atoms with van der Waals surface area (Å²) in [5.74, 6) is 0.226. The number of amides is 1. The second-order valence-electron chi connectivity index (χ2n) is 6.80. The Bertz CT molecular complexity index is 696. The van der Waals surface area contributed by atoms with Crippen LogP contribution in [0.1, 0.15) is 29.5 Å². The number of hydrogen-bond acceptors (Lipinski definition) is 2. The molecule has 3 nitrogen and oxygen atoms in total. The average molecular weight is 322 g/mol. The number of nitrogens with zero attached hydrogens (tertiary/aromatic N) is 1. The lowest BCUT2D eigenvalue weighted by Crippen LogP contribution is -2.40. The molecule has 1 amide bonds. The van der Waals surface area contributed by atoms with Crippen LogP contribution in [0, 0.1) is 19.8 Å². The normalized spacial score (nSPS) is 18.3. The number of aryl methyl sites for hydroxylation is 1. The second-order valence-corrected chi connectivity index (χ2v) is 6.80. The van der Waals surface area contributed by atoms with Crippen LogP contribution in [-0.2, 0) is 11.3 Å². The highest BCUT2D eigenvalue weighted by Gasteiger charge is 2.26. The minimum atomic E-state index is 0.0716. The highest BCUT2D eigenvalue weighted by molar-refractivity contribution is 5.93. The summed E-state index contributed by atoms with van der Waals surface area (Å²) >= 11 is 0. The standard InChI is InChI=1S/C21H26N2O/c1-16-8-6-12-20(17(16)2)22-21(24)19-11-7-13-23(15-19)14-18-9-4-3-5-10-18/h3-6,8-10,12,19H,7,11,13-15H2,1-2H3,(H,22,24). The number of piperidine rings is 1. The molecule has 0 spiro atoms. The summed E-state index contributed by atoms with van der Waals surface area (Å²) in [6, 6.07) is 16.6. The van der Waals surface area contributed by atoms with E-state index in [-0.39, 0.29) is 11.8 Å². The fourth-order valence-electron chi connectivity index (χ4n) is 3.38. The van der Waals surface area contributed by atoms with Crippen LogP contribution >= 0.6 is 0 Å². The molecule has 1 heterocycles. The predicted molar refractivity (Wildman–Crippen MR) is 99.0 cm³/mol. The summed E-state index contributed by atoms with van der Waals surface area (Å²) in [5, 5.41) is 3.14. The van der Waals surface area contributed by atoms with E-state index in [9.17, 15) is 4.79 Å². The monoisotopic (exact) mass is 322 g/mol. The maximum atomic E-state index is 12.7. The van der Waals surface area contributed by atoms with Crippen LogP contribution in [-0.4, -0.2) is 23.9 Å². The molecule has 0 radical (unpaired) electrons.